The summed E-state index contributed by atoms with van der Waals surface area (Å²) in [6.45, 7) is 3.68. The van der Waals surface area contributed by atoms with E-state index in [4.69, 9.17) is 14.7 Å². The number of carbonyl (C=O) groups is 1. The summed E-state index contributed by atoms with van der Waals surface area (Å²) in [6.07, 6.45) is 6.10. The number of hydrogen-bond donors (Lipinski definition) is 2. The van der Waals surface area contributed by atoms with Crippen LogP contribution in [0.1, 0.15) is 31.2 Å². The van der Waals surface area contributed by atoms with E-state index in [2.05, 4.69) is 27.3 Å². The van der Waals surface area contributed by atoms with E-state index in [1.54, 1.807) is 13.4 Å². The van der Waals surface area contributed by atoms with Gasteiger partial charge in [0.25, 0.3) is 0 Å². The number of aliphatic hydroxyl groups excluding tert-OH is 1. The molecule has 2 aliphatic rings. The van der Waals surface area contributed by atoms with Crippen molar-refractivity contribution in [3.8, 4) is 5.75 Å². The Hall–Kier alpha value is -3.40. The molecule has 10 heteroatoms. The number of nitrogens with zero attached hydrogens (tertiary/aromatic N) is 6. The fraction of sp³-hybridized carbons (Fsp3) is 0.520. The van der Waals surface area contributed by atoms with Crippen molar-refractivity contribution in [2.75, 3.05) is 50.1 Å². The number of methoxy groups -OCH3 is 1. The van der Waals surface area contributed by atoms with Crippen LogP contribution in [0.3, 0.4) is 0 Å². The second-order valence-electron chi connectivity index (χ2n) is 9.16. The number of imidazole rings is 1. The van der Waals surface area contributed by atoms with Crippen molar-refractivity contribution in [3.63, 3.8) is 0 Å². The third kappa shape index (κ3) is 5.02. The molecular formula is C25H33N7O3. The molecule has 2 aromatic heterocycles. The number of aromatic nitrogens is 4. The fourth-order valence-corrected chi connectivity index (χ4v) is 4.92. The van der Waals surface area contributed by atoms with Crippen LogP contribution in [0.4, 0.5) is 11.8 Å². The topological polar surface area (TPSA) is 109 Å². The predicted octanol–water partition coefficient (Wildman–Crippen LogP) is 2.07. The summed E-state index contributed by atoms with van der Waals surface area (Å²) < 4.78 is 7.25. The van der Waals surface area contributed by atoms with Crippen molar-refractivity contribution in [1.82, 2.24) is 24.4 Å². The molecule has 0 radical (unpaired) electrons. The highest BCUT2D eigenvalue weighted by Gasteiger charge is 2.28. The van der Waals surface area contributed by atoms with Crippen LogP contribution in [0.5, 0.6) is 5.75 Å². The normalized spacial score (nSPS) is 18.1. The van der Waals surface area contributed by atoms with Crippen LogP contribution in [-0.4, -0.2) is 81.4 Å². The number of hydrogen-bond acceptors (Lipinski definition) is 8. The molecular weight excluding hydrogens is 446 g/mol. The first-order valence-electron chi connectivity index (χ1n) is 12.4. The summed E-state index contributed by atoms with van der Waals surface area (Å²) in [5, 5.41) is 13.3. The molecule has 2 fully saturated rings. The molecule has 4 heterocycles. The molecule has 2 N–H and O–H groups in total. The highest BCUT2D eigenvalue weighted by molar-refractivity contribution is 5.84. The van der Waals surface area contributed by atoms with E-state index in [-0.39, 0.29) is 18.6 Å². The number of benzene rings is 1. The molecule has 0 spiro atoms. The first-order valence-corrected chi connectivity index (χ1v) is 12.4. The van der Waals surface area contributed by atoms with Crippen molar-refractivity contribution in [3.05, 3.63) is 36.2 Å². The van der Waals surface area contributed by atoms with Crippen LogP contribution in [0.15, 0.2) is 30.6 Å². The monoisotopic (exact) mass is 479 g/mol. The molecule has 2 aliphatic heterocycles. The van der Waals surface area contributed by atoms with Gasteiger partial charge in [-0.3, -0.25) is 4.79 Å². The van der Waals surface area contributed by atoms with Gasteiger partial charge in [0.15, 0.2) is 17.0 Å². The van der Waals surface area contributed by atoms with Crippen LogP contribution in [-0.2, 0) is 17.8 Å². The number of likely N-dealkylation sites (tertiary alicyclic amines) is 1. The minimum atomic E-state index is 0.0261. The lowest BCUT2D eigenvalue weighted by Crippen LogP contribution is -2.33. The Kier molecular flexibility index (Phi) is 6.98. The first-order chi connectivity index (χ1) is 17.2. The van der Waals surface area contributed by atoms with Crippen molar-refractivity contribution in [2.24, 2.45) is 0 Å². The molecule has 1 amide bonds. The SMILES string of the molecule is COc1ccc(CCNc2nc(N3CCCC3CO)nc3c2ncn3CCN2CCCC2=O)cc1. The average Bonchev–Trinajstić information content (AvgIpc) is 3.62. The summed E-state index contributed by atoms with van der Waals surface area (Å²) in [5.74, 6) is 2.36. The van der Waals surface area contributed by atoms with Gasteiger partial charge in [-0.25, -0.2) is 4.98 Å². The molecule has 10 nitrogen and oxygen atoms in total. The van der Waals surface area contributed by atoms with Gasteiger partial charge in [-0.1, -0.05) is 12.1 Å². The minimum absolute atomic E-state index is 0.0261. The number of nitrogens with one attached hydrogen (secondary N) is 1. The van der Waals surface area contributed by atoms with Crippen molar-refractivity contribution >= 4 is 28.8 Å². The molecule has 5 rings (SSSR count). The van der Waals surface area contributed by atoms with Crippen molar-refractivity contribution in [2.45, 2.75) is 44.7 Å². The lowest BCUT2D eigenvalue weighted by Gasteiger charge is -2.23. The van der Waals surface area contributed by atoms with E-state index in [9.17, 15) is 9.90 Å². The number of rotatable bonds is 10. The molecule has 1 aromatic carbocycles. The largest absolute Gasteiger partial charge is 0.497 e. The van der Waals surface area contributed by atoms with Gasteiger partial charge in [-0.15, -0.1) is 0 Å². The molecule has 1 atom stereocenters. The number of aliphatic hydroxyl groups is 1. The second kappa shape index (κ2) is 10.5. The van der Waals surface area contributed by atoms with Crippen molar-refractivity contribution < 1.29 is 14.6 Å². The molecule has 0 aliphatic carbocycles. The minimum Gasteiger partial charge on any atom is -0.497 e. The summed E-state index contributed by atoms with van der Waals surface area (Å²) in [4.78, 5) is 30.4. The Morgan fingerprint density at radius 2 is 2.00 bits per heavy atom. The van der Waals surface area contributed by atoms with Crippen molar-refractivity contribution in [1.29, 1.82) is 0 Å². The zero-order valence-corrected chi connectivity index (χ0v) is 20.2. The molecule has 0 saturated carbocycles. The van der Waals surface area contributed by atoms with Gasteiger partial charge in [-0.05, 0) is 43.4 Å². The Bertz CT molecular complexity index is 1160. The van der Waals surface area contributed by atoms with Gasteiger partial charge >= 0.3 is 0 Å². The Morgan fingerprint density at radius 1 is 1.14 bits per heavy atom. The van der Waals surface area contributed by atoms with E-state index < -0.39 is 0 Å². The number of carbonyl (C=O) groups excluding carboxylic acids is 1. The van der Waals surface area contributed by atoms with Crippen LogP contribution in [0.25, 0.3) is 11.2 Å². The highest BCUT2D eigenvalue weighted by atomic mass is 16.5. The summed E-state index contributed by atoms with van der Waals surface area (Å²) in [7, 11) is 1.67. The maximum Gasteiger partial charge on any atom is 0.229 e. The van der Waals surface area contributed by atoms with Crippen LogP contribution >= 0.6 is 0 Å². The molecule has 3 aromatic rings. The Labute approximate surface area is 204 Å². The zero-order chi connectivity index (χ0) is 24.2. The Morgan fingerprint density at radius 3 is 2.74 bits per heavy atom. The van der Waals surface area contributed by atoms with Gasteiger partial charge in [-0.2, -0.15) is 9.97 Å². The second-order valence-corrected chi connectivity index (χ2v) is 9.16. The molecule has 0 bridgehead atoms. The molecule has 1 unspecified atom stereocenters. The molecule has 186 valence electrons. The van der Waals surface area contributed by atoms with E-state index in [0.29, 0.717) is 37.8 Å². The maximum atomic E-state index is 12.0. The molecule has 2 saturated heterocycles. The smallest absolute Gasteiger partial charge is 0.229 e. The van der Waals surface area contributed by atoms with E-state index in [1.807, 2.05) is 21.6 Å². The van der Waals surface area contributed by atoms with Gasteiger partial charge in [0, 0.05) is 39.1 Å². The average molecular weight is 480 g/mol. The number of amides is 1. The quantitative estimate of drug-likeness (QED) is 0.455. The number of ether oxygens (including phenoxy) is 1. The van der Waals surface area contributed by atoms with Crippen LogP contribution < -0.4 is 15.0 Å². The highest BCUT2D eigenvalue weighted by Crippen LogP contribution is 2.27. The predicted molar refractivity (Wildman–Crippen MR) is 134 cm³/mol. The lowest BCUT2D eigenvalue weighted by atomic mass is 10.1. The van der Waals surface area contributed by atoms with Crippen LogP contribution in [0.2, 0.25) is 0 Å². The third-order valence-corrected chi connectivity index (χ3v) is 6.94. The number of fused-ring (bicyclic) bond motifs is 1. The molecule has 35 heavy (non-hydrogen) atoms. The van der Waals surface area contributed by atoms with Gasteiger partial charge < -0.3 is 29.5 Å². The van der Waals surface area contributed by atoms with Crippen LogP contribution in [0, 0.1) is 0 Å². The number of anilines is 2. The van der Waals surface area contributed by atoms with Gasteiger partial charge in [0.2, 0.25) is 11.9 Å². The van der Waals surface area contributed by atoms with Gasteiger partial charge in [0.1, 0.15) is 5.75 Å². The van der Waals surface area contributed by atoms with E-state index in [0.717, 1.165) is 55.7 Å². The zero-order valence-electron chi connectivity index (χ0n) is 20.2. The summed E-state index contributed by atoms with van der Waals surface area (Å²) >= 11 is 0. The first kappa shape index (κ1) is 23.3. The van der Waals surface area contributed by atoms with E-state index >= 15 is 0 Å². The standard InChI is InChI=1S/C25H33N7O3/c1-35-20-8-6-18(7-9-20)10-11-26-23-22-24(29-25(28-23)32-13-2-4-19(32)16-33)31(17-27-22)15-14-30-12-3-5-21(30)34/h6-9,17,19,33H,2-5,10-16H2,1H3,(H,26,28,29). The maximum absolute atomic E-state index is 12.0. The fourth-order valence-electron chi connectivity index (χ4n) is 4.92. The Balaban J connectivity index is 1.38. The third-order valence-electron chi connectivity index (χ3n) is 6.94. The van der Waals surface area contributed by atoms with E-state index in [1.165, 1.54) is 5.56 Å². The summed E-state index contributed by atoms with van der Waals surface area (Å²) in [6, 6.07) is 8.08. The lowest BCUT2D eigenvalue weighted by molar-refractivity contribution is -0.127. The van der Waals surface area contributed by atoms with Gasteiger partial charge in [0.05, 0.1) is 26.1 Å². The summed E-state index contributed by atoms with van der Waals surface area (Å²) in [5.41, 5.74) is 2.66.